The van der Waals surface area contributed by atoms with Gasteiger partial charge in [-0.3, -0.25) is 0 Å². The van der Waals surface area contributed by atoms with Crippen LogP contribution in [0, 0.1) is 0 Å². The lowest BCUT2D eigenvalue weighted by Crippen LogP contribution is -2.30. The van der Waals surface area contributed by atoms with Gasteiger partial charge in [0.1, 0.15) is 0 Å². The second kappa shape index (κ2) is 4.24. The van der Waals surface area contributed by atoms with Crippen molar-refractivity contribution >= 4 is 26.5 Å². The monoisotopic (exact) mass is 264 g/mol. The molecule has 0 aliphatic carbocycles. The fourth-order valence-corrected chi connectivity index (χ4v) is 3.95. The number of ether oxygens (including phenoxy) is 1. The highest BCUT2D eigenvalue weighted by Gasteiger charge is 2.34. The SMILES string of the molecule is COC1CCN(S(=O)(=O)c2nnc(N)s2)C1. The molecule has 1 aliphatic heterocycles. The predicted octanol–water partition coefficient (Wildman–Crippen LogP) is -0.470. The highest BCUT2D eigenvalue weighted by atomic mass is 32.2. The Bertz CT molecular complexity index is 472. The molecule has 1 saturated heterocycles. The summed E-state index contributed by atoms with van der Waals surface area (Å²) in [6.45, 7) is 0.804. The number of nitrogen functional groups attached to an aromatic ring is 1. The fraction of sp³-hybridized carbons (Fsp3) is 0.714. The number of hydrogen-bond donors (Lipinski definition) is 1. The van der Waals surface area contributed by atoms with E-state index in [1.165, 1.54) is 4.31 Å². The Balaban J connectivity index is 2.21. The first-order chi connectivity index (χ1) is 7.54. The third kappa shape index (κ3) is 2.03. The highest BCUT2D eigenvalue weighted by Crippen LogP contribution is 2.25. The first-order valence-electron chi connectivity index (χ1n) is 4.66. The van der Waals surface area contributed by atoms with Crippen molar-refractivity contribution in [3.8, 4) is 0 Å². The van der Waals surface area contributed by atoms with Crippen LogP contribution in [0.3, 0.4) is 0 Å². The molecule has 0 saturated carbocycles. The van der Waals surface area contributed by atoms with Gasteiger partial charge < -0.3 is 10.5 Å². The van der Waals surface area contributed by atoms with Crippen molar-refractivity contribution in [3.05, 3.63) is 0 Å². The van der Waals surface area contributed by atoms with E-state index in [9.17, 15) is 8.42 Å². The summed E-state index contributed by atoms with van der Waals surface area (Å²) >= 11 is 0.875. The van der Waals surface area contributed by atoms with Crippen LogP contribution >= 0.6 is 11.3 Å². The lowest BCUT2D eigenvalue weighted by atomic mass is 10.3. The van der Waals surface area contributed by atoms with Gasteiger partial charge in [-0.2, -0.15) is 4.31 Å². The van der Waals surface area contributed by atoms with E-state index >= 15 is 0 Å². The maximum absolute atomic E-state index is 12.0. The smallest absolute Gasteiger partial charge is 0.272 e. The summed E-state index contributed by atoms with van der Waals surface area (Å²) in [7, 11) is -1.97. The summed E-state index contributed by atoms with van der Waals surface area (Å²) in [4.78, 5) is 0. The number of nitrogens with two attached hydrogens (primary N) is 1. The molecule has 0 bridgehead atoms. The van der Waals surface area contributed by atoms with Gasteiger partial charge in [0, 0.05) is 20.2 Å². The average Bonchev–Trinajstić information content (AvgIpc) is 2.85. The van der Waals surface area contributed by atoms with Crippen molar-refractivity contribution in [2.45, 2.75) is 16.9 Å². The van der Waals surface area contributed by atoms with Crippen molar-refractivity contribution in [1.29, 1.82) is 0 Å². The standard InChI is InChI=1S/C7H12N4O3S2/c1-14-5-2-3-11(4-5)16(12,13)7-10-9-6(8)15-7/h5H,2-4H2,1H3,(H2,8,9). The number of rotatable bonds is 3. The quantitative estimate of drug-likeness (QED) is 0.792. The lowest BCUT2D eigenvalue weighted by molar-refractivity contribution is 0.115. The Morgan fingerprint density at radius 1 is 1.56 bits per heavy atom. The molecule has 0 amide bonds. The zero-order chi connectivity index (χ0) is 11.8. The van der Waals surface area contributed by atoms with E-state index in [1.54, 1.807) is 7.11 Å². The lowest BCUT2D eigenvalue weighted by Gasteiger charge is -2.13. The molecule has 1 atom stereocenters. The van der Waals surface area contributed by atoms with Crippen LogP contribution in [0.2, 0.25) is 0 Å². The second-order valence-electron chi connectivity index (χ2n) is 3.42. The molecule has 1 fully saturated rings. The maximum atomic E-state index is 12.0. The topological polar surface area (TPSA) is 98.4 Å². The second-order valence-corrected chi connectivity index (χ2v) is 6.54. The Hall–Kier alpha value is -0.770. The highest BCUT2D eigenvalue weighted by molar-refractivity contribution is 7.91. The molecule has 1 aliphatic rings. The number of nitrogens with zero attached hydrogens (tertiary/aromatic N) is 3. The molecule has 2 heterocycles. The van der Waals surface area contributed by atoms with E-state index in [1.807, 2.05) is 0 Å². The third-order valence-electron chi connectivity index (χ3n) is 2.42. The minimum atomic E-state index is -3.54. The Morgan fingerprint density at radius 3 is 2.81 bits per heavy atom. The summed E-state index contributed by atoms with van der Waals surface area (Å²) < 4.78 is 30.5. The molecule has 16 heavy (non-hydrogen) atoms. The summed E-state index contributed by atoms with van der Waals surface area (Å²) in [5.41, 5.74) is 5.36. The van der Waals surface area contributed by atoms with Gasteiger partial charge >= 0.3 is 0 Å². The summed E-state index contributed by atoms with van der Waals surface area (Å²) in [5, 5.41) is 7.21. The van der Waals surface area contributed by atoms with Gasteiger partial charge in [0.05, 0.1) is 6.10 Å². The third-order valence-corrected chi connectivity index (χ3v) is 5.39. The molecule has 1 unspecified atom stereocenters. The molecule has 0 radical (unpaired) electrons. The van der Waals surface area contributed by atoms with Crippen LogP contribution in [0.25, 0.3) is 0 Å². The molecule has 7 nitrogen and oxygen atoms in total. The molecule has 1 aromatic rings. The maximum Gasteiger partial charge on any atom is 0.272 e. The van der Waals surface area contributed by atoms with Gasteiger partial charge in [-0.15, -0.1) is 10.2 Å². The zero-order valence-electron chi connectivity index (χ0n) is 8.66. The van der Waals surface area contributed by atoms with Crippen LogP contribution in [0.1, 0.15) is 6.42 Å². The van der Waals surface area contributed by atoms with Crippen molar-refractivity contribution < 1.29 is 13.2 Å². The molecule has 2 N–H and O–H groups in total. The van der Waals surface area contributed by atoms with Crippen LogP contribution in [0.5, 0.6) is 0 Å². The van der Waals surface area contributed by atoms with Crippen LogP contribution in [0.15, 0.2) is 4.34 Å². The molecule has 0 spiro atoms. The molecular weight excluding hydrogens is 252 g/mol. The van der Waals surface area contributed by atoms with Gasteiger partial charge in [-0.1, -0.05) is 11.3 Å². The Kier molecular flexibility index (Phi) is 3.10. The Labute approximate surface area is 97.3 Å². The van der Waals surface area contributed by atoms with E-state index in [-0.39, 0.29) is 15.6 Å². The number of anilines is 1. The minimum absolute atomic E-state index is 0.0416. The molecule has 1 aromatic heterocycles. The van der Waals surface area contributed by atoms with Crippen molar-refractivity contribution in [3.63, 3.8) is 0 Å². The first kappa shape index (κ1) is 11.7. The predicted molar refractivity (Wildman–Crippen MR) is 58.5 cm³/mol. The molecule has 2 rings (SSSR count). The van der Waals surface area contributed by atoms with Gasteiger partial charge in [0.25, 0.3) is 10.0 Å². The minimum Gasteiger partial charge on any atom is -0.380 e. The largest absolute Gasteiger partial charge is 0.380 e. The fourth-order valence-electron chi connectivity index (χ4n) is 1.54. The molecule has 0 aromatic carbocycles. The number of hydrogen-bond acceptors (Lipinski definition) is 7. The average molecular weight is 264 g/mol. The Morgan fingerprint density at radius 2 is 2.31 bits per heavy atom. The van der Waals surface area contributed by atoms with E-state index in [4.69, 9.17) is 10.5 Å². The number of methoxy groups -OCH3 is 1. The first-order valence-corrected chi connectivity index (χ1v) is 6.91. The molecular formula is C7H12N4O3S2. The molecule has 90 valence electrons. The number of sulfonamides is 1. The van der Waals surface area contributed by atoms with Crippen LogP contribution in [0.4, 0.5) is 5.13 Å². The number of aromatic nitrogens is 2. The van der Waals surface area contributed by atoms with E-state index in [2.05, 4.69) is 10.2 Å². The van der Waals surface area contributed by atoms with Gasteiger partial charge in [0.15, 0.2) is 0 Å². The summed E-state index contributed by atoms with van der Waals surface area (Å²) in [5.74, 6) is 0. The van der Waals surface area contributed by atoms with Crippen LogP contribution in [-0.4, -0.2) is 49.2 Å². The van der Waals surface area contributed by atoms with Crippen LogP contribution in [-0.2, 0) is 14.8 Å². The molecule has 9 heteroatoms. The summed E-state index contributed by atoms with van der Waals surface area (Å²) in [6, 6.07) is 0. The van der Waals surface area contributed by atoms with Crippen molar-refractivity contribution in [1.82, 2.24) is 14.5 Å². The van der Waals surface area contributed by atoms with Crippen LogP contribution < -0.4 is 5.73 Å². The van der Waals surface area contributed by atoms with E-state index < -0.39 is 10.0 Å². The van der Waals surface area contributed by atoms with Gasteiger partial charge in [-0.05, 0) is 6.42 Å². The van der Waals surface area contributed by atoms with Gasteiger partial charge in [-0.25, -0.2) is 8.42 Å². The van der Waals surface area contributed by atoms with E-state index in [0.29, 0.717) is 19.5 Å². The normalized spacial score (nSPS) is 22.7. The summed E-state index contributed by atoms with van der Waals surface area (Å²) in [6.07, 6.45) is 0.657. The van der Waals surface area contributed by atoms with Crippen molar-refractivity contribution in [2.24, 2.45) is 0 Å². The zero-order valence-corrected chi connectivity index (χ0v) is 10.3. The van der Waals surface area contributed by atoms with E-state index in [0.717, 1.165) is 11.3 Å². The van der Waals surface area contributed by atoms with Gasteiger partial charge in [0.2, 0.25) is 9.47 Å². The van der Waals surface area contributed by atoms with Crippen molar-refractivity contribution in [2.75, 3.05) is 25.9 Å².